The van der Waals surface area contributed by atoms with Gasteiger partial charge in [0.25, 0.3) is 0 Å². The number of nitrogen functional groups attached to an aromatic ring is 1. The summed E-state index contributed by atoms with van der Waals surface area (Å²) in [4.78, 5) is 13.5. The van der Waals surface area contributed by atoms with Crippen molar-refractivity contribution in [1.82, 2.24) is 14.5 Å². The molecule has 3 rings (SSSR count). The number of anilines is 3. The summed E-state index contributed by atoms with van der Waals surface area (Å²) in [6.07, 6.45) is 5.61. The van der Waals surface area contributed by atoms with Crippen LogP contribution in [0.2, 0.25) is 0 Å². The van der Waals surface area contributed by atoms with Crippen LogP contribution in [0, 0.1) is 0 Å². The van der Waals surface area contributed by atoms with E-state index in [0.29, 0.717) is 5.69 Å². The maximum Gasteiger partial charge on any atom is 0.205 e. The third-order valence-electron chi connectivity index (χ3n) is 3.69. The van der Waals surface area contributed by atoms with Gasteiger partial charge in [0.1, 0.15) is 5.82 Å². The van der Waals surface area contributed by atoms with Crippen LogP contribution >= 0.6 is 0 Å². The van der Waals surface area contributed by atoms with Crippen molar-refractivity contribution < 1.29 is 0 Å². The van der Waals surface area contributed by atoms with Crippen molar-refractivity contribution in [1.29, 1.82) is 0 Å². The van der Waals surface area contributed by atoms with E-state index < -0.39 is 0 Å². The smallest absolute Gasteiger partial charge is 0.205 e. The average Bonchev–Trinajstić information content (AvgIpc) is 2.97. The standard InChI is InChI=1S/C14H20N6/c1-2-18-6-5-16-14(18)20-9-7-19(8-10-20)13-4-3-12(15)11-17-13/h3-6,11H,2,7-10,15H2,1H3. The van der Waals surface area contributed by atoms with Gasteiger partial charge in [0.05, 0.1) is 11.9 Å². The molecule has 0 saturated carbocycles. The molecule has 0 amide bonds. The lowest BCUT2D eigenvalue weighted by Gasteiger charge is -2.36. The first-order valence-electron chi connectivity index (χ1n) is 7.00. The van der Waals surface area contributed by atoms with Gasteiger partial charge in [0.15, 0.2) is 0 Å². The second-order valence-corrected chi connectivity index (χ2v) is 4.94. The van der Waals surface area contributed by atoms with E-state index in [4.69, 9.17) is 5.73 Å². The van der Waals surface area contributed by atoms with Gasteiger partial charge < -0.3 is 20.1 Å². The minimum absolute atomic E-state index is 0.706. The van der Waals surface area contributed by atoms with E-state index in [2.05, 4.69) is 31.3 Å². The molecular weight excluding hydrogens is 252 g/mol. The molecule has 0 radical (unpaired) electrons. The van der Waals surface area contributed by atoms with E-state index in [1.807, 2.05) is 24.5 Å². The van der Waals surface area contributed by atoms with Crippen LogP contribution in [0.4, 0.5) is 17.5 Å². The van der Waals surface area contributed by atoms with Crippen LogP contribution in [0.1, 0.15) is 6.92 Å². The van der Waals surface area contributed by atoms with Gasteiger partial charge in [-0.25, -0.2) is 9.97 Å². The van der Waals surface area contributed by atoms with Gasteiger partial charge in [0.2, 0.25) is 5.95 Å². The third kappa shape index (κ3) is 2.41. The zero-order chi connectivity index (χ0) is 13.9. The predicted octanol–water partition coefficient (Wildman–Crippen LogP) is 1.21. The Morgan fingerprint density at radius 1 is 1.10 bits per heavy atom. The van der Waals surface area contributed by atoms with Gasteiger partial charge in [-0.3, -0.25) is 0 Å². The lowest BCUT2D eigenvalue weighted by Crippen LogP contribution is -2.47. The van der Waals surface area contributed by atoms with Crippen molar-refractivity contribution in [3.8, 4) is 0 Å². The number of hydrogen-bond donors (Lipinski definition) is 1. The van der Waals surface area contributed by atoms with E-state index in [-0.39, 0.29) is 0 Å². The fourth-order valence-electron chi connectivity index (χ4n) is 2.55. The molecule has 3 heterocycles. The zero-order valence-corrected chi connectivity index (χ0v) is 11.7. The first-order chi connectivity index (χ1) is 9.78. The van der Waals surface area contributed by atoms with Crippen molar-refractivity contribution in [2.24, 2.45) is 0 Å². The molecule has 1 aliphatic heterocycles. The molecule has 6 heteroatoms. The first-order valence-corrected chi connectivity index (χ1v) is 7.00. The van der Waals surface area contributed by atoms with Gasteiger partial charge >= 0.3 is 0 Å². The highest BCUT2D eigenvalue weighted by Gasteiger charge is 2.20. The molecule has 6 nitrogen and oxygen atoms in total. The molecule has 0 spiro atoms. The topological polar surface area (TPSA) is 63.2 Å². The Morgan fingerprint density at radius 3 is 2.50 bits per heavy atom. The maximum absolute atomic E-state index is 5.67. The van der Waals surface area contributed by atoms with Crippen LogP contribution < -0.4 is 15.5 Å². The van der Waals surface area contributed by atoms with Crippen molar-refractivity contribution in [2.75, 3.05) is 41.7 Å². The second-order valence-electron chi connectivity index (χ2n) is 4.94. The number of hydrogen-bond acceptors (Lipinski definition) is 5. The summed E-state index contributed by atoms with van der Waals surface area (Å²) >= 11 is 0. The Balaban J connectivity index is 1.66. The van der Waals surface area contributed by atoms with Gasteiger partial charge in [-0.15, -0.1) is 0 Å². The van der Waals surface area contributed by atoms with Crippen molar-refractivity contribution >= 4 is 17.5 Å². The molecule has 0 atom stereocenters. The lowest BCUT2D eigenvalue weighted by atomic mass is 10.3. The van der Waals surface area contributed by atoms with E-state index in [0.717, 1.165) is 44.5 Å². The quantitative estimate of drug-likeness (QED) is 0.910. The molecule has 0 aliphatic carbocycles. The fraction of sp³-hybridized carbons (Fsp3) is 0.429. The minimum Gasteiger partial charge on any atom is -0.397 e. The highest BCUT2D eigenvalue weighted by molar-refractivity contribution is 5.47. The fourth-order valence-corrected chi connectivity index (χ4v) is 2.55. The van der Waals surface area contributed by atoms with Crippen molar-refractivity contribution in [2.45, 2.75) is 13.5 Å². The van der Waals surface area contributed by atoms with Crippen LogP contribution in [-0.2, 0) is 6.54 Å². The summed E-state index contributed by atoms with van der Waals surface area (Å²) in [5, 5.41) is 0. The van der Waals surface area contributed by atoms with E-state index in [1.165, 1.54) is 0 Å². The highest BCUT2D eigenvalue weighted by Crippen LogP contribution is 2.18. The molecule has 0 bridgehead atoms. The minimum atomic E-state index is 0.706. The van der Waals surface area contributed by atoms with Crippen LogP contribution in [0.25, 0.3) is 0 Å². The Kier molecular flexibility index (Phi) is 3.45. The van der Waals surface area contributed by atoms with Gasteiger partial charge in [0, 0.05) is 45.1 Å². The summed E-state index contributed by atoms with van der Waals surface area (Å²) in [6, 6.07) is 3.89. The first kappa shape index (κ1) is 12.8. The molecule has 2 N–H and O–H groups in total. The molecule has 1 fully saturated rings. The Bertz CT molecular complexity index is 553. The van der Waals surface area contributed by atoms with Gasteiger partial charge in [-0.2, -0.15) is 0 Å². The summed E-state index contributed by atoms with van der Waals surface area (Å²) < 4.78 is 2.18. The zero-order valence-electron chi connectivity index (χ0n) is 11.7. The van der Waals surface area contributed by atoms with Crippen LogP contribution in [-0.4, -0.2) is 40.7 Å². The van der Waals surface area contributed by atoms with Crippen LogP contribution in [0.5, 0.6) is 0 Å². The summed E-state index contributed by atoms with van der Waals surface area (Å²) in [5.41, 5.74) is 6.38. The molecular formula is C14H20N6. The van der Waals surface area contributed by atoms with Crippen molar-refractivity contribution in [3.63, 3.8) is 0 Å². The monoisotopic (exact) mass is 272 g/mol. The maximum atomic E-state index is 5.67. The largest absolute Gasteiger partial charge is 0.397 e. The van der Waals surface area contributed by atoms with Crippen LogP contribution in [0.15, 0.2) is 30.7 Å². The van der Waals surface area contributed by atoms with Crippen LogP contribution in [0.3, 0.4) is 0 Å². The average molecular weight is 272 g/mol. The van der Waals surface area contributed by atoms with Gasteiger partial charge in [-0.1, -0.05) is 0 Å². The molecule has 1 saturated heterocycles. The molecule has 0 aromatic carbocycles. The molecule has 1 aliphatic rings. The number of aryl methyl sites for hydroxylation is 1. The summed E-state index contributed by atoms with van der Waals surface area (Å²) in [5.74, 6) is 2.06. The van der Waals surface area contributed by atoms with E-state index in [1.54, 1.807) is 6.20 Å². The van der Waals surface area contributed by atoms with E-state index >= 15 is 0 Å². The Morgan fingerprint density at radius 2 is 1.85 bits per heavy atom. The normalized spacial score (nSPS) is 15.7. The second kappa shape index (κ2) is 5.40. The molecule has 2 aromatic rings. The molecule has 106 valence electrons. The number of pyridine rings is 1. The number of imidazole rings is 1. The lowest BCUT2D eigenvalue weighted by molar-refractivity contribution is 0.614. The molecule has 2 aromatic heterocycles. The Hall–Kier alpha value is -2.24. The third-order valence-corrected chi connectivity index (χ3v) is 3.69. The van der Waals surface area contributed by atoms with E-state index in [9.17, 15) is 0 Å². The highest BCUT2D eigenvalue weighted by atomic mass is 15.4. The van der Waals surface area contributed by atoms with Crippen molar-refractivity contribution in [3.05, 3.63) is 30.7 Å². The molecule has 0 unspecified atom stereocenters. The summed E-state index contributed by atoms with van der Waals surface area (Å²) in [6.45, 7) is 6.92. The predicted molar refractivity (Wildman–Crippen MR) is 81.0 cm³/mol. The van der Waals surface area contributed by atoms with Gasteiger partial charge in [-0.05, 0) is 19.1 Å². The SMILES string of the molecule is CCn1ccnc1N1CCN(c2ccc(N)cn2)CC1. The number of piperazine rings is 1. The number of nitrogens with zero attached hydrogens (tertiary/aromatic N) is 5. The number of nitrogens with two attached hydrogens (primary N) is 1. The number of rotatable bonds is 3. The molecule has 20 heavy (non-hydrogen) atoms. The summed E-state index contributed by atoms with van der Waals surface area (Å²) in [7, 11) is 0. The Labute approximate surface area is 118 Å². The number of aromatic nitrogens is 3.